The Morgan fingerprint density at radius 1 is 0.731 bits per heavy atom. The van der Waals surface area contributed by atoms with Crippen LogP contribution in [0.3, 0.4) is 0 Å². The topological polar surface area (TPSA) is 24.9 Å². The van der Waals surface area contributed by atoms with Crippen LogP contribution in [0.25, 0.3) is 0 Å². The van der Waals surface area contributed by atoms with Crippen molar-refractivity contribution in [1.29, 1.82) is 0 Å². The predicted molar refractivity (Wildman–Crippen MR) is 111 cm³/mol. The van der Waals surface area contributed by atoms with Crippen LogP contribution in [0, 0.1) is 11.8 Å². The third-order valence-electron chi connectivity index (χ3n) is 6.02. The predicted octanol–water partition coefficient (Wildman–Crippen LogP) is 4.98. The van der Waals surface area contributed by atoms with Crippen LogP contribution in [0.4, 0.5) is 0 Å². The monoisotopic (exact) mass is 370 g/mol. The number of ether oxygens (including phenoxy) is 2. The van der Waals surface area contributed by atoms with Gasteiger partial charge in [0, 0.05) is 13.1 Å². The van der Waals surface area contributed by atoms with Gasteiger partial charge >= 0.3 is 0 Å². The fourth-order valence-corrected chi connectivity index (χ4v) is 3.97. The van der Waals surface area contributed by atoms with Crippen molar-refractivity contribution in [3.05, 3.63) is 0 Å². The van der Waals surface area contributed by atoms with Crippen LogP contribution in [0.15, 0.2) is 0 Å². The van der Waals surface area contributed by atoms with Crippen LogP contribution in [0.2, 0.25) is 0 Å². The molecule has 2 rings (SSSR count). The number of nitrogens with zero attached hydrogens (tertiary/aromatic N) is 2. The maximum atomic E-state index is 5.82. The van der Waals surface area contributed by atoms with Crippen LogP contribution in [-0.2, 0) is 9.47 Å². The van der Waals surface area contributed by atoms with Gasteiger partial charge in [0.15, 0.2) is 0 Å². The summed E-state index contributed by atoms with van der Waals surface area (Å²) in [5.74, 6) is 1.56. The molecule has 2 unspecified atom stereocenters. The van der Waals surface area contributed by atoms with Crippen LogP contribution in [0.1, 0.15) is 81.1 Å². The van der Waals surface area contributed by atoms with Crippen molar-refractivity contribution in [2.45, 2.75) is 92.5 Å². The first-order valence-corrected chi connectivity index (χ1v) is 10.9. The highest BCUT2D eigenvalue weighted by molar-refractivity contribution is 4.82. The Morgan fingerprint density at radius 3 is 1.35 bits per heavy atom. The van der Waals surface area contributed by atoms with Crippen molar-refractivity contribution < 1.29 is 9.47 Å². The number of hydrogen-bond acceptors (Lipinski definition) is 4. The molecule has 2 aliphatic heterocycles. The van der Waals surface area contributed by atoms with Gasteiger partial charge in [-0.25, -0.2) is 0 Å². The standard InChI is InChI=1S/2C11H23NO/c2*1-5-12-8-9-13-11(12,4)7-6-10(2)3/h2*10H,5-9H2,1-4H3. The molecule has 0 aromatic heterocycles. The van der Waals surface area contributed by atoms with Gasteiger partial charge in [-0.1, -0.05) is 41.5 Å². The SMILES string of the molecule is CCN1CCOC1(C)CCC(C)C.CCN1CCOC1(C)CCC(C)C. The lowest BCUT2D eigenvalue weighted by Crippen LogP contribution is -2.42. The minimum atomic E-state index is 0.0268. The third-order valence-corrected chi connectivity index (χ3v) is 6.02. The quantitative estimate of drug-likeness (QED) is 0.601. The maximum absolute atomic E-state index is 5.82. The third kappa shape index (κ3) is 7.10. The molecule has 156 valence electrons. The van der Waals surface area contributed by atoms with Crippen molar-refractivity contribution in [3.63, 3.8) is 0 Å². The van der Waals surface area contributed by atoms with Crippen LogP contribution in [0.5, 0.6) is 0 Å². The zero-order valence-electron chi connectivity index (χ0n) is 18.9. The summed E-state index contributed by atoms with van der Waals surface area (Å²) in [7, 11) is 0. The second-order valence-electron chi connectivity index (χ2n) is 9.07. The van der Waals surface area contributed by atoms with Gasteiger partial charge in [0.2, 0.25) is 0 Å². The molecule has 0 bridgehead atoms. The number of hydrogen-bond donors (Lipinski definition) is 0. The molecule has 2 heterocycles. The Morgan fingerprint density at radius 2 is 1.08 bits per heavy atom. The van der Waals surface area contributed by atoms with Crippen LogP contribution < -0.4 is 0 Å². The fourth-order valence-electron chi connectivity index (χ4n) is 3.97. The van der Waals surface area contributed by atoms with E-state index in [1.54, 1.807) is 0 Å². The average Bonchev–Trinajstić information content (AvgIpc) is 3.15. The van der Waals surface area contributed by atoms with Gasteiger partial charge < -0.3 is 9.47 Å². The fraction of sp³-hybridized carbons (Fsp3) is 1.00. The minimum Gasteiger partial charge on any atom is -0.359 e. The summed E-state index contributed by atoms with van der Waals surface area (Å²) in [4.78, 5) is 4.88. The summed E-state index contributed by atoms with van der Waals surface area (Å²) in [5.41, 5.74) is 0.0536. The molecule has 2 saturated heterocycles. The van der Waals surface area contributed by atoms with E-state index in [1.165, 1.54) is 25.7 Å². The van der Waals surface area contributed by atoms with Gasteiger partial charge in [-0.3, -0.25) is 9.80 Å². The van der Waals surface area contributed by atoms with Crippen molar-refractivity contribution in [2.75, 3.05) is 39.4 Å². The lowest BCUT2D eigenvalue weighted by atomic mass is 10.0. The van der Waals surface area contributed by atoms with E-state index in [0.717, 1.165) is 51.2 Å². The Balaban J connectivity index is 0.000000260. The smallest absolute Gasteiger partial charge is 0.119 e. The zero-order chi connectivity index (χ0) is 19.8. The van der Waals surface area contributed by atoms with E-state index in [9.17, 15) is 0 Å². The van der Waals surface area contributed by atoms with Crippen molar-refractivity contribution in [3.8, 4) is 0 Å². The van der Waals surface area contributed by atoms with Gasteiger partial charge in [0.05, 0.1) is 13.2 Å². The number of rotatable bonds is 8. The summed E-state index contributed by atoms with van der Waals surface area (Å²) in [5, 5.41) is 0. The molecule has 0 N–H and O–H groups in total. The summed E-state index contributed by atoms with van der Waals surface area (Å²) in [6.07, 6.45) is 4.84. The van der Waals surface area contributed by atoms with Gasteiger partial charge in [0.1, 0.15) is 11.4 Å². The molecule has 0 radical (unpaired) electrons. The highest BCUT2D eigenvalue weighted by atomic mass is 16.5. The van der Waals surface area contributed by atoms with Gasteiger partial charge in [-0.2, -0.15) is 0 Å². The Hall–Kier alpha value is -0.160. The van der Waals surface area contributed by atoms with Crippen LogP contribution in [-0.4, -0.2) is 60.6 Å². The first-order chi connectivity index (χ1) is 12.2. The summed E-state index contributed by atoms with van der Waals surface area (Å²) in [6, 6.07) is 0. The van der Waals surface area contributed by atoms with E-state index in [2.05, 4.69) is 65.2 Å². The first-order valence-electron chi connectivity index (χ1n) is 10.9. The molecular weight excluding hydrogens is 324 g/mol. The molecule has 0 spiro atoms. The van der Waals surface area contributed by atoms with Crippen LogP contribution >= 0.6 is 0 Å². The molecule has 4 heteroatoms. The van der Waals surface area contributed by atoms with E-state index in [1.807, 2.05) is 0 Å². The van der Waals surface area contributed by atoms with Crippen molar-refractivity contribution >= 4 is 0 Å². The lowest BCUT2D eigenvalue weighted by molar-refractivity contribution is -0.0737. The highest BCUT2D eigenvalue weighted by Gasteiger charge is 2.36. The second kappa shape index (κ2) is 11.0. The molecule has 0 saturated carbocycles. The normalized spacial score (nSPS) is 30.2. The zero-order valence-corrected chi connectivity index (χ0v) is 18.9. The maximum Gasteiger partial charge on any atom is 0.119 e. The molecule has 2 atom stereocenters. The van der Waals surface area contributed by atoms with Crippen molar-refractivity contribution in [1.82, 2.24) is 9.80 Å². The van der Waals surface area contributed by atoms with E-state index < -0.39 is 0 Å². The average molecular weight is 371 g/mol. The highest BCUT2D eigenvalue weighted by Crippen LogP contribution is 2.29. The van der Waals surface area contributed by atoms with Gasteiger partial charge in [-0.15, -0.1) is 0 Å². The lowest BCUT2D eigenvalue weighted by Gasteiger charge is -2.33. The van der Waals surface area contributed by atoms with Gasteiger partial charge in [0.25, 0.3) is 0 Å². The number of likely N-dealkylation sites (N-methyl/N-ethyl adjacent to an activating group) is 2. The molecule has 2 fully saturated rings. The molecular formula is C22H46N2O2. The van der Waals surface area contributed by atoms with E-state index in [4.69, 9.17) is 9.47 Å². The molecule has 0 aliphatic carbocycles. The molecule has 0 aromatic rings. The Bertz CT molecular complexity index is 352. The Labute approximate surface area is 163 Å². The molecule has 2 aliphatic rings. The summed E-state index contributed by atoms with van der Waals surface area (Å²) >= 11 is 0. The minimum absolute atomic E-state index is 0.0268. The molecule has 4 nitrogen and oxygen atoms in total. The van der Waals surface area contributed by atoms with E-state index in [0.29, 0.717) is 0 Å². The van der Waals surface area contributed by atoms with Crippen molar-refractivity contribution in [2.24, 2.45) is 11.8 Å². The van der Waals surface area contributed by atoms with E-state index >= 15 is 0 Å². The second-order valence-corrected chi connectivity index (χ2v) is 9.07. The summed E-state index contributed by atoms with van der Waals surface area (Å²) in [6.45, 7) is 24.2. The molecule has 0 amide bonds. The molecule has 0 aromatic carbocycles. The largest absolute Gasteiger partial charge is 0.359 e. The Kier molecular flexibility index (Phi) is 10.1. The summed E-state index contributed by atoms with van der Waals surface area (Å²) < 4.78 is 11.6. The van der Waals surface area contributed by atoms with E-state index in [-0.39, 0.29) is 11.4 Å². The first kappa shape index (κ1) is 23.9. The molecule has 26 heavy (non-hydrogen) atoms. The van der Waals surface area contributed by atoms with Gasteiger partial charge in [-0.05, 0) is 64.5 Å².